The molecule has 0 aromatic heterocycles. The minimum absolute atomic E-state index is 0.0460. The van der Waals surface area contributed by atoms with Crippen LogP contribution in [0.1, 0.15) is 25.7 Å². The normalized spacial score (nSPS) is 13.3. The van der Waals surface area contributed by atoms with Crippen LogP contribution in [0, 0.1) is 5.41 Å². The summed E-state index contributed by atoms with van der Waals surface area (Å²) in [4.78, 5) is 34.8. The van der Waals surface area contributed by atoms with E-state index in [1.807, 2.05) is 0 Å². The predicted octanol–water partition coefficient (Wildman–Crippen LogP) is 0.411. The lowest BCUT2D eigenvalue weighted by molar-refractivity contribution is -0.160. The fourth-order valence-corrected chi connectivity index (χ4v) is 2.22. The quantitative estimate of drug-likeness (QED) is 0.0946. The molecule has 0 saturated heterocycles. The van der Waals surface area contributed by atoms with Crippen molar-refractivity contribution in [2.75, 3.05) is 40.1 Å². The van der Waals surface area contributed by atoms with E-state index in [1.54, 1.807) is 0 Å². The number of ether oxygens (including phenoxy) is 4. The van der Waals surface area contributed by atoms with Gasteiger partial charge in [0.05, 0.1) is 12.0 Å². The number of methoxy groups -OCH3 is 1. The topological polar surface area (TPSA) is 149 Å². The Bertz CT molecular complexity index is 604. The third-order valence-electron chi connectivity index (χ3n) is 4.26. The summed E-state index contributed by atoms with van der Waals surface area (Å²) in [6, 6.07) is 0. The second kappa shape index (κ2) is 15.3. The SMILES string of the molecule is C=CC(=O)OCC(CO)(COC(=O)C=C)COC(=O)C=CC(O)(CCCCCO)OC. The van der Waals surface area contributed by atoms with Crippen molar-refractivity contribution in [3.8, 4) is 0 Å². The molecular weight excluding hydrogens is 412 g/mol. The first kappa shape index (κ1) is 28.5. The van der Waals surface area contributed by atoms with Gasteiger partial charge in [-0.2, -0.15) is 0 Å². The Balaban J connectivity index is 5.05. The molecule has 0 amide bonds. The number of carbonyl (C=O) groups is 3. The first-order valence-corrected chi connectivity index (χ1v) is 9.63. The molecule has 0 aliphatic heterocycles. The van der Waals surface area contributed by atoms with Crippen molar-refractivity contribution in [2.45, 2.75) is 31.5 Å². The van der Waals surface area contributed by atoms with Crippen molar-refractivity contribution in [3.05, 3.63) is 37.5 Å². The number of hydrogen-bond donors (Lipinski definition) is 3. The summed E-state index contributed by atoms with van der Waals surface area (Å²) in [5.74, 6) is -4.11. The summed E-state index contributed by atoms with van der Waals surface area (Å²) < 4.78 is 19.9. The molecule has 0 rings (SSSR count). The third-order valence-corrected chi connectivity index (χ3v) is 4.26. The molecule has 0 bridgehead atoms. The first-order chi connectivity index (χ1) is 14.7. The molecule has 10 nitrogen and oxygen atoms in total. The minimum Gasteiger partial charge on any atom is -0.462 e. The van der Waals surface area contributed by atoms with Gasteiger partial charge in [-0.1, -0.05) is 19.6 Å². The molecule has 3 N–H and O–H groups in total. The van der Waals surface area contributed by atoms with Gasteiger partial charge in [-0.05, 0) is 18.9 Å². The molecule has 0 heterocycles. The molecule has 1 unspecified atom stereocenters. The zero-order valence-electron chi connectivity index (χ0n) is 17.8. The van der Waals surface area contributed by atoms with Crippen LogP contribution in [0.25, 0.3) is 0 Å². The molecule has 0 aromatic rings. The molecule has 0 radical (unpaired) electrons. The van der Waals surface area contributed by atoms with Gasteiger partial charge in [0.2, 0.25) is 0 Å². The van der Waals surface area contributed by atoms with Gasteiger partial charge in [0.15, 0.2) is 5.79 Å². The van der Waals surface area contributed by atoms with Crippen molar-refractivity contribution in [1.29, 1.82) is 0 Å². The number of hydrogen-bond acceptors (Lipinski definition) is 10. The molecule has 0 spiro atoms. The van der Waals surface area contributed by atoms with E-state index < -0.39 is 55.5 Å². The Morgan fingerprint density at radius 2 is 1.39 bits per heavy atom. The lowest BCUT2D eigenvalue weighted by atomic mass is 9.92. The maximum Gasteiger partial charge on any atom is 0.330 e. The Morgan fingerprint density at radius 1 is 0.871 bits per heavy atom. The highest BCUT2D eigenvalue weighted by molar-refractivity contribution is 5.82. The third kappa shape index (κ3) is 12.0. The maximum atomic E-state index is 12.1. The summed E-state index contributed by atoms with van der Waals surface area (Å²) in [6.07, 6.45) is 5.93. The fraction of sp³-hybridized carbons (Fsp3) is 0.571. The smallest absolute Gasteiger partial charge is 0.330 e. The van der Waals surface area contributed by atoms with Gasteiger partial charge >= 0.3 is 17.9 Å². The highest BCUT2D eigenvalue weighted by atomic mass is 16.6. The van der Waals surface area contributed by atoms with E-state index in [2.05, 4.69) is 13.2 Å². The monoisotopic (exact) mass is 444 g/mol. The van der Waals surface area contributed by atoms with Gasteiger partial charge in [-0.25, -0.2) is 14.4 Å². The molecule has 176 valence electrons. The zero-order valence-corrected chi connectivity index (χ0v) is 17.8. The number of carbonyl (C=O) groups excluding carboxylic acids is 3. The standard InChI is InChI=1S/C21H32O10/c1-4-17(24)29-14-20(13-23,15-30-18(25)5-2)16-31-19(26)9-11-21(27,28-3)10-7-6-8-12-22/h4-5,9,11,22-23,27H,1-2,6-8,10,12-16H2,3H3. The average molecular weight is 444 g/mol. The molecule has 0 aliphatic carbocycles. The average Bonchev–Trinajstić information content (AvgIpc) is 2.79. The van der Waals surface area contributed by atoms with Crippen molar-refractivity contribution < 1.29 is 48.7 Å². The van der Waals surface area contributed by atoms with Gasteiger partial charge < -0.3 is 34.3 Å². The molecular formula is C21H32O10. The Morgan fingerprint density at radius 3 is 1.81 bits per heavy atom. The molecule has 0 aliphatic rings. The summed E-state index contributed by atoms with van der Waals surface area (Å²) in [5, 5.41) is 28.9. The fourth-order valence-electron chi connectivity index (χ4n) is 2.22. The number of aliphatic hydroxyl groups is 3. The van der Waals surface area contributed by atoms with Gasteiger partial charge in [-0.3, -0.25) is 0 Å². The minimum atomic E-state index is -1.69. The van der Waals surface area contributed by atoms with E-state index >= 15 is 0 Å². The largest absolute Gasteiger partial charge is 0.462 e. The number of rotatable bonds is 17. The lowest BCUT2D eigenvalue weighted by Gasteiger charge is -2.29. The molecule has 0 saturated carbocycles. The van der Waals surface area contributed by atoms with Gasteiger partial charge in [-0.15, -0.1) is 0 Å². The highest BCUT2D eigenvalue weighted by Crippen LogP contribution is 2.21. The summed E-state index contributed by atoms with van der Waals surface area (Å²) >= 11 is 0. The van der Waals surface area contributed by atoms with Crippen molar-refractivity contribution in [3.63, 3.8) is 0 Å². The zero-order chi connectivity index (χ0) is 23.8. The molecule has 10 heteroatoms. The molecule has 1 atom stereocenters. The Labute approximate surface area is 181 Å². The number of aliphatic hydroxyl groups excluding tert-OH is 2. The van der Waals surface area contributed by atoms with E-state index in [9.17, 15) is 24.6 Å². The van der Waals surface area contributed by atoms with E-state index in [0.717, 1.165) is 24.3 Å². The second-order valence-electron chi connectivity index (χ2n) is 6.81. The first-order valence-electron chi connectivity index (χ1n) is 9.63. The van der Waals surface area contributed by atoms with E-state index in [-0.39, 0.29) is 13.0 Å². The van der Waals surface area contributed by atoms with E-state index in [1.165, 1.54) is 7.11 Å². The van der Waals surface area contributed by atoms with Gasteiger partial charge in [0.1, 0.15) is 19.8 Å². The van der Waals surface area contributed by atoms with Crippen LogP contribution in [0.3, 0.4) is 0 Å². The molecule has 31 heavy (non-hydrogen) atoms. The molecule has 0 fully saturated rings. The van der Waals surface area contributed by atoms with E-state index in [4.69, 9.17) is 24.1 Å². The predicted molar refractivity (Wildman–Crippen MR) is 109 cm³/mol. The highest BCUT2D eigenvalue weighted by Gasteiger charge is 2.35. The maximum absolute atomic E-state index is 12.1. The van der Waals surface area contributed by atoms with Crippen molar-refractivity contribution >= 4 is 17.9 Å². The summed E-state index contributed by atoms with van der Waals surface area (Å²) in [6.45, 7) is 4.64. The lowest BCUT2D eigenvalue weighted by Crippen LogP contribution is -2.42. The number of esters is 3. The summed E-state index contributed by atoms with van der Waals surface area (Å²) in [5.41, 5.74) is -1.41. The molecule has 0 aromatic carbocycles. The van der Waals surface area contributed by atoms with Crippen molar-refractivity contribution in [1.82, 2.24) is 0 Å². The van der Waals surface area contributed by atoms with Crippen LogP contribution >= 0.6 is 0 Å². The van der Waals surface area contributed by atoms with Crippen molar-refractivity contribution in [2.24, 2.45) is 5.41 Å². The van der Waals surface area contributed by atoms with Gasteiger partial charge in [0.25, 0.3) is 0 Å². The van der Waals surface area contributed by atoms with Crippen LogP contribution in [0.15, 0.2) is 37.5 Å². The Hall–Kier alpha value is -2.53. The number of unbranched alkanes of at least 4 members (excludes halogenated alkanes) is 2. The van der Waals surface area contributed by atoms with Crippen LogP contribution in [0.4, 0.5) is 0 Å². The summed E-state index contributed by atoms with van der Waals surface area (Å²) in [7, 11) is 1.28. The van der Waals surface area contributed by atoms with Crippen LogP contribution < -0.4 is 0 Å². The second-order valence-corrected chi connectivity index (χ2v) is 6.81. The van der Waals surface area contributed by atoms with Crippen LogP contribution in [0.2, 0.25) is 0 Å². The van der Waals surface area contributed by atoms with Crippen LogP contribution in [-0.4, -0.2) is 79.2 Å². The van der Waals surface area contributed by atoms with E-state index in [0.29, 0.717) is 19.3 Å². The van der Waals surface area contributed by atoms with Crippen LogP contribution in [-0.2, 0) is 33.3 Å². The Kier molecular flexibility index (Phi) is 14.0. The van der Waals surface area contributed by atoms with Crippen LogP contribution in [0.5, 0.6) is 0 Å². The van der Waals surface area contributed by atoms with Gasteiger partial charge in [0, 0.05) is 38.4 Å².